The molecule has 1 aliphatic rings. The molecule has 7 nitrogen and oxygen atoms in total. The fourth-order valence-corrected chi connectivity index (χ4v) is 3.28. The van der Waals surface area contributed by atoms with E-state index in [4.69, 9.17) is 0 Å². The molecule has 0 aliphatic carbocycles. The van der Waals surface area contributed by atoms with Crippen LogP contribution in [0.3, 0.4) is 0 Å². The van der Waals surface area contributed by atoms with Gasteiger partial charge in [-0.15, -0.1) is 5.10 Å². The van der Waals surface area contributed by atoms with E-state index in [1.807, 2.05) is 4.90 Å². The molecular weight excluding hydrogens is 371 g/mol. The molecule has 0 saturated heterocycles. The van der Waals surface area contributed by atoms with E-state index in [9.17, 15) is 21.6 Å². The van der Waals surface area contributed by atoms with Crippen molar-refractivity contribution < 1.29 is 21.6 Å². The zero-order chi connectivity index (χ0) is 18.9. The van der Waals surface area contributed by atoms with E-state index in [0.717, 1.165) is 6.26 Å². The van der Waals surface area contributed by atoms with E-state index in [1.165, 1.54) is 22.9 Å². The first-order chi connectivity index (χ1) is 12.1. The fourth-order valence-electron chi connectivity index (χ4n) is 2.65. The Morgan fingerprint density at radius 1 is 1.19 bits per heavy atom. The van der Waals surface area contributed by atoms with Crippen molar-refractivity contribution in [2.75, 3.05) is 19.3 Å². The first kappa shape index (κ1) is 18.5. The van der Waals surface area contributed by atoms with Crippen LogP contribution in [0.4, 0.5) is 13.2 Å². The van der Waals surface area contributed by atoms with Gasteiger partial charge in [-0.3, -0.25) is 4.90 Å². The number of hydrogen-bond acceptors (Lipinski definition) is 6. The van der Waals surface area contributed by atoms with Gasteiger partial charge in [0, 0.05) is 24.9 Å². The predicted octanol–water partition coefficient (Wildman–Crippen LogP) is 1.76. The summed E-state index contributed by atoms with van der Waals surface area (Å²) in [5.74, 6) is 0.459. The molecule has 140 valence electrons. The van der Waals surface area contributed by atoms with Gasteiger partial charge in [0.15, 0.2) is 15.7 Å². The zero-order valence-corrected chi connectivity index (χ0v) is 14.6. The van der Waals surface area contributed by atoms with Crippen LogP contribution in [0.1, 0.15) is 12.2 Å². The van der Waals surface area contributed by atoms with Crippen LogP contribution < -0.4 is 0 Å². The number of nitrogens with zero attached hydrogens (tertiary/aromatic N) is 5. The van der Waals surface area contributed by atoms with Gasteiger partial charge in [0.2, 0.25) is 0 Å². The van der Waals surface area contributed by atoms with E-state index in [1.54, 1.807) is 12.1 Å². The Labute approximate surface area is 148 Å². The highest BCUT2D eigenvalue weighted by molar-refractivity contribution is 7.90. The quantitative estimate of drug-likeness (QED) is 0.744. The van der Waals surface area contributed by atoms with Crippen molar-refractivity contribution in [1.29, 1.82) is 0 Å². The predicted molar refractivity (Wildman–Crippen MR) is 86.3 cm³/mol. The number of halogens is 3. The van der Waals surface area contributed by atoms with E-state index >= 15 is 0 Å². The molecule has 1 aromatic carbocycles. The van der Waals surface area contributed by atoms with Crippen LogP contribution in [-0.4, -0.2) is 59.0 Å². The van der Waals surface area contributed by atoms with Gasteiger partial charge < -0.3 is 0 Å². The average Bonchev–Trinajstić information content (AvgIpc) is 3.02. The molecule has 0 spiro atoms. The summed E-state index contributed by atoms with van der Waals surface area (Å²) >= 11 is 0. The van der Waals surface area contributed by atoms with Crippen LogP contribution in [-0.2, 0) is 16.4 Å². The molecule has 0 N–H and O–H groups in total. The first-order valence-electron chi connectivity index (χ1n) is 7.71. The maximum absolute atomic E-state index is 12.7. The highest BCUT2D eigenvalue weighted by atomic mass is 32.2. The minimum absolute atomic E-state index is 0.0753. The van der Waals surface area contributed by atoms with Gasteiger partial charge in [0.25, 0.3) is 0 Å². The minimum atomic E-state index is -4.28. The van der Waals surface area contributed by atoms with Crippen molar-refractivity contribution in [1.82, 2.24) is 25.1 Å². The molecule has 1 aromatic heterocycles. The lowest BCUT2D eigenvalue weighted by Gasteiger charge is -2.26. The molecule has 0 atom stereocenters. The van der Waals surface area contributed by atoms with Crippen LogP contribution >= 0.6 is 0 Å². The van der Waals surface area contributed by atoms with E-state index in [0.29, 0.717) is 11.5 Å². The number of aromatic nitrogens is 4. The fraction of sp³-hybridized carbons (Fsp3) is 0.400. The molecular formula is C15H16F3N5O2S. The van der Waals surface area contributed by atoms with Crippen LogP contribution in [0.2, 0.25) is 0 Å². The summed E-state index contributed by atoms with van der Waals surface area (Å²) in [6, 6.07) is 6.06. The Hall–Kier alpha value is -2.27. The number of alkyl halides is 3. The molecule has 1 aliphatic heterocycles. The van der Waals surface area contributed by atoms with E-state index in [2.05, 4.69) is 15.5 Å². The Morgan fingerprint density at radius 3 is 2.42 bits per heavy atom. The van der Waals surface area contributed by atoms with Crippen molar-refractivity contribution in [3.8, 4) is 5.69 Å². The van der Waals surface area contributed by atoms with Gasteiger partial charge >= 0.3 is 6.18 Å². The van der Waals surface area contributed by atoms with Crippen LogP contribution in [0, 0.1) is 0 Å². The maximum Gasteiger partial charge on any atom is 0.412 e. The number of hydrogen-bond donors (Lipinski definition) is 0. The van der Waals surface area contributed by atoms with Crippen LogP contribution in [0.5, 0.6) is 0 Å². The first-order valence-corrected chi connectivity index (χ1v) is 9.60. The monoisotopic (exact) mass is 387 g/mol. The maximum atomic E-state index is 12.7. The van der Waals surface area contributed by atoms with Gasteiger partial charge in [-0.1, -0.05) is 6.08 Å². The Morgan fingerprint density at radius 2 is 1.88 bits per heavy atom. The molecule has 2 heterocycles. The van der Waals surface area contributed by atoms with Gasteiger partial charge in [-0.25, -0.2) is 8.42 Å². The lowest BCUT2D eigenvalue weighted by Crippen LogP contribution is -2.32. The third-order valence-corrected chi connectivity index (χ3v) is 5.19. The summed E-state index contributed by atoms with van der Waals surface area (Å²) in [6.45, 7) is 0.697. The van der Waals surface area contributed by atoms with Crippen LogP contribution in [0.25, 0.3) is 5.69 Å². The summed E-state index contributed by atoms with van der Waals surface area (Å²) in [6.07, 6.45) is -2.06. The summed E-state index contributed by atoms with van der Waals surface area (Å²) in [5, 5.41) is 11.4. The normalized spacial score (nSPS) is 16.5. The van der Waals surface area contributed by atoms with Crippen molar-refractivity contribution in [3.63, 3.8) is 0 Å². The summed E-state index contributed by atoms with van der Waals surface area (Å²) in [5.41, 5.74) is 0.0608. The Kier molecular flexibility index (Phi) is 4.84. The number of rotatable bonds is 4. The number of sulfone groups is 1. The van der Waals surface area contributed by atoms with Crippen molar-refractivity contribution in [2.24, 2.45) is 0 Å². The highest BCUT2D eigenvalue weighted by Gasteiger charge is 2.34. The molecule has 0 fully saturated rings. The Bertz CT molecular complexity index is 920. The average molecular weight is 387 g/mol. The molecule has 0 saturated carbocycles. The molecule has 26 heavy (non-hydrogen) atoms. The highest BCUT2D eigenvalue weighted by Crippen LogP contribution is 2.30. The van der Waals surface area contributed by atoms with Crippen LogP contribution in [0.15, 0.2) is 40.8 Å². The van der Waals surface area contributed by atoms with Gasteiger partial charge in [0.1, 0.15) is 0 Å². The molecule has 0 unspecified atom stereocenters. The molecule has 0 amide bonds. The van der Waals surface area contributed by atoms with Crippen molar-refractivity contribution in [3.05, 3.63) is 41.7 Å². The van der Waals surface area contributed by atoms with E-state index < -0.39 is 21.6 Å². The second kappa shape index (κ2) is 6.80. The molecule has 0 bridgehead atoms. The molecule has 0 radical (unpaired) electrons. The third kappa shape index (κ3) is 4.10. The molecule has 2 aromatic rings. The third-order valence-electron chi connectivity index (χ3n) is 4.07. The second-order valence-electron chi connectivity index (χ2n) is 5.99. The lowest BCUT2D eigenvalue weighted by atomic mass is 10.1. The lowest BCUT2D eigenvalue weighted by molar-refractivity contribution is -0.0961. The standard InChI is InChI=1S/C15H16F3N5O2S/c1-26(24,25)13-4-2-12(3-5-13)23-14(19-20-21-23)10-22-8-6-11(7-9-22)15(16,17)18/h2-6H,7-10H2,1H3. The van der Waals surface area contributed by atoms with Gasteiger partial charge in [-0.2, -0.15) is 17.9 Å². The van der Waals surface area contributed by atoms with Crippen molar-refractivity contribution >= 4 is 9.84 Å². The van der Waals surface area contributed by atoms with E-state index in [-0.39, 0.29) is 31.0 Å². The van der Waals surface area contributed by atoms with Gasteiger partial charge in [-0.05, 0) is 41.1 Å². The minimum Gasteiger partial charge on any atom is -0.292 e. The smallest absolute Gasteiger partial charge is 0.292 e. The molecule has 11 heteroatoms. The number of tetrazole rings is 1. The summed E-state index contributed by atoms with van der Waals surface area (Å²) in [7, 11) is -3.31. The largest absolute Gasteiger partial charge is 0.412 e. The zero-order valence-electron chi connectivity index (χ0n) is 13.8. The molecule has 3 rings (SSSR count). The van der Waals surface area contributed by atoms with Gasteiger partial charge in [0.05, 0.1) is 17.1 Å². The number of benzene rings is 1. The summed E-state index contributed by atoms with van der Waals surface area (Å²) < 4.78 is 62.5. The topological polar surface area (TPSA) is 81.0 Å². The second-order valence-corrected chi connectivity index (χ2v) is 8.00. The SMILES string of the molecule is CS(=O)(=O)c1ccc(-n2nnnc2CN2CC=C(C(F)(F)F)CC2)cc1. The Balaban J connectivity index is 1.75. The summed E-state index contributed by atoms with van der Waals surface area (Å²) in [4.78, 5) is 1.99. The van der Waals surface area contributed by atoms with Crippen molar-refractivity contribution in [2.45, 2.75) is 24.0 Å².